The van der Waals surface area contributed by atoms with Crippen LogP contribution in [0.1, 0.15) is 68.4 Å². The van der Waals surface area contributed by atoms with E-state index in [4.69, 9.17) is 13.9 Å². The van der Waals surface area contributed by atoms with Crippen LogP contribution in [0.2, 0.25) is 0 Å². The van der Waals surface area contributed by atoms with Gasteiger partial charge in [0.2, 0.25) is 0 Å². The van der Waals surface area contributed by atoms with Crippen LogP contribution in [-0.4, -0.2) is 25.0 Å². The molecular weight excluding hydrogens is 372 g/mol. The molecule has 0 N–H and O–H groups in total. The van der Waals surface area contributed by atoms with E-state index < -0.39 is 17.7 Å². The second kappa shape index (κ2) is 9.72. The van der Waals surface area contributed by atoms with Crippen LogP contribution < -0.4 is 10.4 Å². The summed E-state index contributed by atoms with van der Waals surface area (Å²) in [4.78, 5) is 37.2. The zero-order valence-corrected chi connectivity index (χ0v) is 18.1. The molecule has 1 aromatic carbocycles. The Morgan fingerprint density at radius 3 is 2.45 bits per heavy atom. The number of fused-ring (bicyclic) bond motifs is 1. The summed E-state index contributed by atoms with van der Waals surface area (Å²) >= 11 is 0. The monoisotopic (exact) mass is 402 g/mol. The van der Waals surface area contributed by atoms with E-state index >= 15 is 0 Å². The first-order chi connectivity index (χ1) is 13.7. The molecule has 0 aliphatic carbocycles. The van der Waals surface area contributed by atoms with Crippen molar-refractivity contribution in [2.45, 2.75) is 66.4 Å². The first kappa shape index (κ1) is 22.7. The van der Waals surface area contributed by atoms with Gasteiger partial charge in [-0.15, -0.1) is 0 Å². The summed E-state index contributed by atoms with van der Waals surface area (Å²) in [6, 6.07) is 3.43. The van der Waals surface area contributed by atoms with Gasteiger partial charge in [0.15, 0.2) is 17.5 Å². The third-order valence-electron chi connectivity index (χ3n) is 4.97. The smallest absolute Gasteiger partial charge is 0.347 e. The molecule has 1 unspecified atom stereocenters. The van der Waals surface area contributed by atoms with Crippen LogP contribution in [0.3, 0.4) is 0 Å². The number of carbonyl (C=O) groups is 2. The van der Waals surface area contributed by atoms with Gasteiger partial charge in [0.25, 0.3) is 0 Å². The fourth-order valence-corrected chi connectivity index (χ4v) is 3.42. The largest absolute Gasteiger partial charge is 0.478 e. The summed E-state index contributed by atoms with van der Waals surface area (Å²) in [6.07, 6.45) is 2.06. The third kappa shape index (κ3) is 5.05. The topological polar surface area (TPSA) is 82.8 Å². The van der Waals surface area contributed by atoms with E-state index in [1.54, 1.807) is 12.1 Å². The normalized spacial score (nSPS) is 12.2. The molecule has 0 fully saturated rings. The lowest BCUT2D eigenvalue weighted by molar-refractivity contribution is -0.149. The number of hydrogen-bond acceptors (Lipinski definition) is 6. The van der Waals surface area contributed by atoms with E-state index in [-0.39, 0.29) is 28.6 Å². The van der Waals surface area contributed by atoms with Crippen LogP contribution in [0, 0.1) is 12.8 Å². The van der Waals surface area contributed by atoms with E-state index in [2.05, 4.69) is 6.92 Å². The quantitative estimate of drug-likeness (QED) is 0.346. The maximum Gasteiger partial charge on any atom is 0.347 e. The van der Waals surface area contributed by atoms with Crippen molar-refractivity contribution in [3.63, 3.8) is 0 Å². The van der Waals surface area contributed by atoms with E-state index in [0.717, 1.165) is 18.4 Å². The molecule has 0 amide bonds. The van der Waals surface area contributed by atoms with Gasteiger partial charge in [-0.1, -0.05) is 27.2 Å². The van der Waals surface area contributed by atoms with Crippen molar-refractivity contribution >= 4 is 22.7 Å². The molecule has 29 heavy (non-hydrogen) atoms. The molecule has 0 spiro atoms. The minimum atomic E-state index is -0.854. The lowest BCUT2D eigenvalue weighted by Gasteiger charge is -2.20. The number of ether oxygens (including phenoxy) is 2. The average molecular weight is 402 g/mol. The summed E-state index contributed by atoms with van der Waals surface area (Å²) in [5, 5.41) is 0.701. The maximum absolute atomic E-state index is 12.6. The van der Waals surface area contributed by atoms with Gasteiger partial charge in [-0.3, -0.25) is 4.79 Å². The molecule has 2 aromatic rings. The molecule has 1 atom stereocenters. The molecule has 0 bridgehead atoms. The number of carbonyl (C=O) groups excluding carboxylic acids is 2. The van der Waals surface area contributed by atoms with Crippen LogP contribution >= 0.6 is 0 Å². The second-order valence-electron chi connectivity index (χ2n) is 7.73. The first-order valence-corrected chi connectivity index (χ1v) is 10.1. The number of esters is 1. The predicted octanol–water partition coefficient (Wildman–Crippen LogP) is 4.61. The molecule has 6 heteroatoms. The van der Waals surface area contributed by atoms with Gasteiger partial charge in [0, 0.05) is 10.9 Å². The van der Waals surface area contributed by atoms with Gasteiger partial charge in [0.1, 0.15) is 11.3 Å². The number of rotatable bonds is 9. The highest BCUT2D eigenvalue weighted by molar-refractivity contribution is 6.08. The van der Waals surface area contributed by atoms with E-state index in [1.165, 1.54) is 14.0 Å². The van der Waals surface area contributed by atoms with Gasteiger partial charge in [-0.05, 0) is 56.7 Å². The third-order valence-corrected chi connectivity index (χ3v) is 4.97. The minimum Gasteiger partial charge on any atom is -0.478 e. The van der Waals surface area contributed by atoms with Crippen LogP contribution in [0.15, 0.2) is 21.3 Å². The Morgan fingerprint density at radius 1 is 1.21 bits per heavy atom. The highest BCUT2D eigenvalue weighted by atomic mass is 16.6. The van der Waals surface area contributed by atoms with Crippen LogP contribution in [0.4, 0.5) is 0 Å². The molecule has 2 rings (SSSR count). The Hall–Kier alpha value is -2.63. The van der Waals surface area contributed by atoms with Crippen molar-refractivity contribution in [1.29, 1.82) is 0 Å². The van der Waals surface area contributed by atoms with Crippen molar-refractivity contribution in [2.75, 3.05) is 7.11 Å². The van der Waals surface area contributed by atoms with Gasteiger partial charge in [-0.2, -0.15) is 0 Å². The summed E-state index contributed by atoms with van der Waals surface area (Å²) in [5.41, 5.74) is 1.38. The average Bonchev–Trinajstić information content (AvgIpc) is 2.65. The number of Topliss-reactive ketones (excluding diaryl/α,β-unsaturated/α-hetero) is 1. The van der Waals surface area contributed by atoms with Crippen LogP contribution in [0.5, 0.6) is 5.75 Å². The van der Waals surface area contributed by atoms with Crippen molar-refractivity contribution in [3.05, 3.63) is 39.2 Å². The Balaban J connectivity index is 2.63. The highest BCUT2D eigenvalue weighted by Gasteiger charge is 2.26. The Labute approximate surface area is 171 Å². The zero-order valence-electron chi connectivity index (χ0n) is 18.1. The molecule has 0 aliphatic rings. The number of aryl methyl sites for hydroxylation is 1. The molecule has 0 radical (unpaired) electrons. The lowest BCUT2D eigenvalue weighted by atomic mass is 9.98. The standard InChI is InChI=1S/C23H30O6/c1-7-8-9-17-14(4)16-10-11-18(20(15(5)24)21(16)29-22(17)25)28-19(12-13(2)3)23(26)27-6/h10-11,13,19H,7-9,12H2,1-6H3. The number of benzene rings is 1. The molecule has 0 saturated carbocycles. The summed E-state index contributed by atoms with van der Waals surface area (Å²) < 4.78 is 16.3. The molecule has 1 aromatic heterocycles. The van der Waals surface area contributed by atoms with E-state index in [0.29, 0.717) is 23.8 Å². The number of hydrogen-bond donors (Lipinski definition) is 0. The van der Waals surface area contributed by atoms with E-state index in [1.807, 2.05) is 20.8 Å². The molecule has 0 saturated heterocycles. The van der Waals surface area contributed by atoms with Gasteiger partial charge >= 0.3 is 11.6 Å². The number of unbranched alkanes of at least 4 members (excludes halogenated alkanes) is 1. The molecule has 158 valence electrons. The summed E-state index contributed by atoms with van der Waals surface area (Å²) in [7, 11) is 1.30. The Kier molecular flexibility index (Phi) is 7.59. The predicted molar refractivity (Wildman–Crippen MR) is 112 cm³/mol. The van der Waals surface area contributed by atoms with Crippen molar-refractivity contribution in [3.8, 4) is 5.75 Å². The van der Waals surface area contributed by atoms with Gasteiger partial charge < -0.3 is 13.9 Å². The van der Waals surface area contributed by atoms with Crippen molar-refractivity contribution in [1.82, 2.24) is 0 Å². The number of ketones is 1. The SMILES string of the molecule is CCCCc1c(C)c2ccc(OC(CC(C)C)C(=O)OC)c(C(C)=O)c2oc1=O. The van der Waals surface area contributed by atoms with Gasteiger partial charge in [0.05, 0.1) is 7.11 Å². The fourth-order valence-electron chi connectivity index (χ4n) is 3.42. The molecule has 1 heterocycles. The first-order valence-electron chi connectivity index (χ1n) is 10.1. The molecular formula is C23H30O6. The van der Waals surface area contributed by atoms with Crippen LogP contribution in [-0.2, 0) is 16.0 Å². The zero-order chi connectivity index (χ0) is 21.7. The van der Waals surface area contributed by atoms with Crippen molar-refractivity contribution in [2.24, 2.45) is 5.92 Å². The van der Waals surface area contributed by atoms with Crippen LogP contribution in [0.25, 0.3) is 11.0 Å². The Bertz CT molecular complexity index is 954. The Morgan fingerprint density at radius 2 is 1.90 bits per heavy atom. The minimum absolute atomic E-state index is 0.169. The highest BCUT2D eigenvalue weighted by Crippen LogP contribution is 2.32. The lowest BCUT2D eigenvalue weighted by Crippen LogP contribution is -2.30. The van der Waals surface area contributed by atoms with E-state index in [9.17, 15) is 14.4 Å². The molecule has 0 aliphatic heterocycles. The molecule has 6 nitrogen and oxygen atoms in total. The van der Waals surface area contributed by atoms with Crippen molar-refractivity contribution < 1.29 is 23.5 Å². The van der Waals surface area contributed by atoms with Gasteiger partial charge in [-0.25, -0.2) is 9.59 Å². The summed E-state index contributed by atoms with van der Waals surface area (Å²) in [6.45, 7) is 9.24. The second-order valence-corrected chi connectivity index (χ2v) is 7.73. The number of methoxy groups -OCH3 is 1. The maximum atomic E-state index is 12.6. The fraction of sp³-hybridized carbons (Fsp3) is 0.522. The summed E-state index contributed by atoms with van der Waals surface area (Å²) in [5.74, 6) is -0.421.